The van der Waals surface area contributed by atoms with E-state index in [4.69, 9.17) is 18.9 Å². The molecule has 4 unspecified atom stereocenters. The summed E-state index contributed by atoms with van der Waals surface area (Å²) in [5.74, 6) is 0.143. The third-order valence-corrected chi connectivity index (χ3v) is 5.40. The first kappa shape index (κ1) is 33.6. The minimum Gasteiger partial charge on any atom is -0.504 e. The standard InChI is InChI=1S/C23H32O10.C5H12/c1-30-18-8-14(7-16(10-25)22(18)29)23(20(12-27)32-3)33-17-5-4-13(6-15(17)9-24)21(28)19(11-26)31-2;1-5(2,3)4/h4-8,19-21,23-29H,9-12H2,1-3H3;1-4H3. The number of aliphatic hydroxyl groups is 5. The monoisotopic (exact) mass is 540 g/mol. The lowest BCUT2D eigenvalue weighted by atomic mass is 9.99. The van der Waals surface area contributed by atoms with E-state index in [1.807, 2.05) is 0 Å². The van der Waals surface area contributed by atoms with Crippen LogP contribution in [0.15, 0.2) is 30.3 Å². The van der Waals surface area contributed by atoms with Crippen molar-refractivity contribution in [2.24, 2.45) is 5.41 Å². The molecule has 0 amide bonds. The van der Waals surface area contributed by atoms with Gasteiger partial charge in [-0.3, -0.25) is 0 Å². The van der Waals surface area contributed by atoms with Gasteiger partial charge in [0.25, 0.3) is 0 Å². The summed E-state index contributed by atoms with van der Waals surface area (Å²) in [6.07, 6.45) is -3.72. The zero-order valence-electron chi connectivity index (χ0n) is 23.3. The summed E-state index contributed by atoms with van der Waals surface area (Å²) in [5.41, 5.74) is 1.89. The van der Waals surface area contributed by atoms with Gasteiger partial charge in [0.2, 0.25) is 0 Å². The van der Waals surface area contributed by atoms with Crippen molar-refractivity contribution in [3.63, 3.8) is 0 Å². The Hall–Kier alpha value is -2.44. The maximum absolute atomic E-state index is 10.4. The lowest BCUT2D eigenvalue weighted by Gasteiger charge is -2.28. The average molecular weight is 541 g/mol. The van der Waals surface area contributed by atoms with E-state index in [1.165, 1.54) is 45.6 Å². The fraction of sp³-hybridized carbons (Fsp3) is 0.571. The third kappa shape index (κ3) is 9.70. The Morgan fingerprint density at radius 2 is 1.26 bits per heavy atom. The van der Waals surface area contributed by atoms with Crippen LogP contribution in [0.2, 0.25) is 0 Å². The fourth-order valence-corrected chi connectivity index (χ4v) is 3.46. The molecule has 10 nitrogen and oxygen atoms in total. The summed E-state index contributed by atoms with van der Waals surface area (Å²) in [6, 6.07) is 7.63. The van der Waals surface area contributed by atoms with Gasteiger partial charge >= 0.3 is 0 Å². The third-order valence-electron chi connectivity index (χ3n) is 5.40. The van der Waals surface area contributed by atoms with Crippen LogP contribution >= 0.6 is 0 Å². The zero-order chi connectivity index (χ0) is 29.0. The summed E-state index contributed by atoms with van der Waals surface area (Å²) >= 11 is 0. The molecule has 0 fully saturated rings. The molecule has 0 heterocycles. The summed E-state index contributed by atoms with van der Waals surface area (Å²) < 4.78 is 21.8. The molecule has 0 aliphatic heterocycles. The fourth-order valence-electron chi connectivity index (χ4n) is 3.46. The van der Waals surface area contributed by atoms with Gasteiger partial charge in [-0.25, -0.2) is 0 Å². The van der Waals surface area contributed by atoms with Crippen molar-refractivity contribution < 1.29 is 49.6 Å². The van der Waals surface area contributed by atoms with Gasteiger partial charge in [-0.15, -0.1) is 0 Å². The van der Waals surface area contributed by atoms with Crippen molar-refractivity contribution in [3.8, 4) is 17.2 Å². The predicted molar refractivity (Wildman–Crippen MR) is 142 cm³/mol. The van der Waals surface area contributed by atoms with Crippen LogP contribution in [0.4, 0.5) is 0 Å². The Balaban J connectivity index is 0.00000132. The van der Waals surface area contributed by atoms with Gasteiger partial charge < -0.3 is 49.6 Å². The Morgan fingerprint density at radius 1 is 0.737 bits per heavy atom. The van der Waals surface area contributed by atoms with E-state index in [0.717, 1.165) is 0 Å². The van der Waals surface area contributed by atoms with Gasteiger partial charge in [0.1, 0.15) is 24.1 Å². The van der Waals surface area contributed by atoms with Gasteiger partial charge in [-0.1, -0.05) is 33.8 Å². The SMILES string of the molecule is CC(C)(C)C.COc1cc(C(Oc2ccc(C(O)C(CO)OC)cc2CO)C(CO)OC)cc(CO)c1O. The first-order valence-corrected chi connectivity index (χ1v) is 12.2. The van der Waals surface area contributed by atoms with Crippen LogP contribution in [0.25, 0.3) is 0 Å². The van der Waals surface area contributed by atoms with E-state index in [2.05, 4.69) is 27.7 Å². The van der Waals surface area contributed by atoms with Crippen molar-refractivity contribution in [1.82, 2.24) is 0 Å². The number of aromatic hydroxyl groups is 1. The number of ether oxygens (including phenoxy) is 4. The zero-order valence-corrected chi connectivity index (χ0v) is 23.3. The van der Waals surface area contributed by atoms with Crippen LogP contribution in [0.3, 0.4) is 0 Å². The number of hydrogen-bond acceptors (Lipinski definition) is 10. The Kier molecular flexibility index (Phi) is 14.0. The van der Waals surface area contributed by atoms with E-state index in [9.17, 15) is 30.6 Å². The number of aliphatic hydroxyl groups excluding tert-OH is 5. The first-order chi connectivity index (χ1) is 17.9. The summed E-state index contributed by atoms with van der Waals surface area (Å²) in [6.45, 7) is 7.07. The number of phenols is 1. The molecule has 10 heteroatoms. The van der Waals surface area contributed by atoms with Crippen LogP contribution < -0.4 is 9.47 Å². The number of hydrogen-bond donors (Lipinski definition) is 6. The molecule has 0 bridgehead atoms. The van der Waals surface area contributed by atoms with E-state index in [-0.39, 0.29) is 22.8 Å². The van der Waals surface area contributed by atoms with Gasteiger partial charge in [-0.2, -0.15) is 0 Å². The van der Waals surface area contributed by atoms with Gasteiger partial charge in [0.05, 0.1) is 33.5 Å². The first-order valence-electron chi connectivity index (χ1n) is 12.2. The molecule has 0 aliphatic rings. The smallest absolute Gasteiger partial charge is 0.163 e. The number of methoxy groups -OCH3 is 3. The molecule has 38 heavy (non-hydrogen) atoms. The van der Waals surface area contributed by atoms with Crippen molar-refractivity contribution in [2.45, 2.75) is 65.3 Å². The second kappa shape index (κ2) is 15.8. The van der Waals surface area contributed by atoms with E-state index < -0.39 is 50.8 Å². The highest BCUT2D eigenvalue weighted by Crippen LogP contribution is 2.37. The lowest BCUT2D eigenvalue weighted by Crippen LogP contribution is -2.29. The summed E-state index contributed by atoms with van der Waals surface area (Å²) in [4.78, 5) is 0. The molecule has 0 saturated carbocycles. The van der Waals surface area contributed by atoms with Crippen LogP contribution in [0.5, 0.6) is 17.2 Å². The molecule has 0 saturated heterocycles. The van der Waals surface area contributed by atoms with E-state index in [0.29, 0.717) is 22.1 Å². The molecule has 0 spiro atoms. The molecule has 2 aromatic carbocycles. The quantitative estimate of drug-likeness (QED) is 0.223. The van der Waals surface area contributed by atoms with E-state index >= 15 is 0 Å². The van der Waals surface area contributed by atoms with Gasteiger partial charge in [0.15, 0.2) is 17.6 Å². The van der Waals surface area contributed by atoms with Crippen molar-refractivity contribution >= 4 is 0 Å². The van der Waals surface area contributed by atoms with Crippen molar-refractivity contribution in [3.05, 3.63) is 52.6 Å². The Bertz CT molecular complexity index is 934. The maximum atomic E-state index is 10.4. The highest BCUT2D eigenvalue weighted by atomic mass is 16.5. The molecule has 4 atom stereocenters. The van der Waals surface area contributed by atoms with Gasteiger partial charge in [-0.05, 0) is 40.8 Å². The highest BCUT2D eigenvalue weighted by Gasteiger charge is 2.28. The van der Waals surface area contributed by atoms with Crippen molar-refractivity contribution in [1.29, 1.82) is 0 Å². The second-order valence-electron chi connectivity index (χ2n) is 10.3. The minimum absolute atomic E-state index is 0.105. The lowest BCUT2D eigenvalue weighted by molar-refractivity contribution is -0.0426. The summed E-state index contributed by atoms with van der Waals surface area (Å²) in [5, 5.41) is 59.4. The molecule has 0 aromatic heterocycles. The Morgan fingerprint density at radius 3 is 1.71 bits per heavy atom. The molecule has 6 N–H and O–H groups in total. The molecule has 216 valence electrons. The van der Waals surface area contributed by atoms with Crippen LogP contribution in [-0.4, -0.2) is 77.4 Å². The molecular formula is C28H44O10. The Labute approximate surface area is 225 Å². The topological polar surface area (TPSA) is 158 Å². The van der Waals surface area contributed by atoms with Crippen molar-refractivity contribution in [2.75, 3.05) is 34.5 Å². The molecule has 2 rings (SSSR count). The van der Waals surface area contributed by atoms with Crippen LogP contribution in [0, 0.1) is 5.41 Å². The van der Waals surface area contributed by atoms with Gasteiger partial charge in [0, 0.05) is 25.3 Å². The molecule has 0 radical (unpaired) electrons. The minimum atomic E-state index is -1.13. The molecular weight excluding hydrogens is 496 g/mol. The van der Waals surface area contributed by atoms with Crippen LogP contribution in [0.1, 0.15) is 62.2 Å². The van der Waals surface area contributed by atoms with Crippen LogP contribution in [-0.2, 0) is 22.7 Å². The summed E-state index contributed by atoms with van der Waals surface area (Å²) in [7, 11) is 4.13. The number of benzene rings is 2. The normalized spacial score (nSPS) is 14.6. The highest BCUT2D eigenvalue weighted by molar-refractivity contribution is 5.49. The second-order valence-corrected chi connectivity index (χ2v) is 10.3. The van der Waals surface area contributed by atoms with E-state index in [1.54, 1.807) is 6.07 Å². The average Bonchev–Trinajstić information content (AvgIpc) is 2.88. The maximum Gasteiger partial charge on any atom is 0.163 e. The molecule has 2 aromatic rings. The molecule has 0 aliphatic carbocycles. The predicted octanol–water partition coefficient (Wildman–Crippen LogP) is 2.61. The number of rotatable bonds is 13. The largest absolute Gasteiger partial charge is 0.504 e.